The van der Waals surface area contributed by atoms with Gasteiger partial charge in [-0.1, -0.05) is 31.4 Å². The van der Waals surface area contributed by atoms with E-state index in [4.69, 9.17) is 4.98 Å². The number of hydrogen-bond acceptors (Lipinski definition) is 5. The van der Waals surface area contributed by atoms with Gasteiger partial charge in [0.25, 0.3) is 0 Å². The largest absolute Gasteiger partial charge is 0.480 e. The second-order valence-electron chi connectivity index (χ2n) is 12.2. The van der Waals surface area contributed by atoms with Gasteiger partial charge >= 0.3 is 5.97 Å². The summed E-state index contributed by atoms with van der Waals surface area (Å²) in [7, 11) is 0. The number of piperidine rings is 1. The van der Waals surface area contributed by atoms with Crippen molar-refractivity contribution in [2.45, 2.75) is 70.3 Å². The molecular weight excluding hydrogens is 493 g/mol. The van der Waals surface area contributed by atoms with E-state index in [-0.39, 0.29) is 17.7 Å². The first-order valence-electron chi connectivity index (χ1n) is 14.6. The van der Waals surface area contributed by atoms with Gasteiger partial charge in [0.1, 0.15) is 11.9 Å². The number of carbonyl (C=O) groups is 1. The summed E-state index contributed by atoms with van der Waals surface area (Å²) in [6, 6.07) is 8.56. The molecule has 1 N–H and O–H groups in total. The number of aromatic nitrogens is 3. The van der Waals surface area contributed by atoms with E-state index in [1.165, 1.54) is 18.1 Å². The molecule has 2 unspecified atom stereocenters. The Hall–Kier alpha value is -2.84. The van der Waals surface area contributed by atoms with Gasteiger partial charge in [-0.25, -0.2) is 13.9 Å². The fourth-order valence-electron chi connectivity index (χ4n) is 7.24. The van der Waals surface area contributed by atoms with Crippen molar-refractivity contribution in [1.82, 2.24) is 24.4 Å². The minimum absolute atomic E-state index is 0.136. The maximum absolute atomic E-state index is 14.2. The first kappa shape index (κ1) is 26.4. The molecule has 3 atom stereocenters. The first-order chi connectivity index (χ1) is 18.9. The van der Waals surface area contributed by atoms with Crippen molar-refractivity contribution in [1.29, 1.82) is 0 Å². The normalized spacial score (nSPS) is 24.3. The molecule has 2 aromatic heterocycles. The molecule has 0 bridgehead atoms. The fourth-order valence-corrected chi connectivity index (χ4v) is 7.24. The Morgan fingerprint density at radius 3 is 2.62 bits per heavy atom. The molecule has 3 aliphatic rings. The van der Waals surface area contributed by atoms with Gasteiger partial charge in [0, 0.05) is 42.5 Å². The Labute approximate surface area is 230 Å². The number of aliphatic carboxylic acids is 1. The highest BCUT2D eigenvalue weighted by Gasteiger charge is 2.41. The second-order valence-corrected chi connectivity index (χ2v) is 12.2. The van der Waals surface area contributed by atoms with Gasteiger partial charge in [0.2, 0.25) is 0 Å². The van der Waals surface area contributed by atoms with E-state index in [1.807, 2.05) is 23.7 Å². The van der Waals surface area contributed by atoms with Crippen LogP contribution in [-0.2, 0) is 4.79 Å². The molecule has 39 heavy (non-hydrogen) atoms. The summed E-state index contributed by atoms with van der Waals surface area (Å²) in [4.78, 5) is 21.8. The first-order valence-corrected chi connectivity index (χ1v) is 14.6. The maximum atomic E-state index is 14.2. The van der Waals surface area contributed by atoms with Crippen LogP contribution in [0.25, 0.3) is 5.65 Å². The minimum atomic E-state index is -0.714. The van der Waals surface area contributed by atoms with Gasteiger partial charge in [0.05, 0.1) is 6.20 Å². The molecule has 4 heterocycles. The summed E-state index contributed by atoms with van der Waals surface area (Å²) < 4.78 is 16.2. The van der Waals surface area contributed by atoms with E-state index < -0.39 is 12.0 Å². The Bertz CT molecular complexity index is 1330. The number of fused-ring (bicyclic) bond motifs is 1. The third-order valence-corrected chi connectivity index (χ3v) is 9.58. The molecule has 3 fully saturated rings. The molecule has 7 nitrogen and oxygen atoms in total. The molecule has 2 saturated heterocycles. The molecule has 1 aromatic carbocycles. The molecule has 0 amide bonds. The van der Waals surface area contributed by atoms with Crippen LogP contribution in [0.5, 0.6) is 0 Å². The average Bonchev–Trinajstić information content (AvgIpc) is 3.48. The van der Waals surface area contributed by atoms with E-state index in [0.717, 1.165) is 80.9 Å². The van der Waals surface area contributed by atoms with Crippen molar-refractivity contribution in [2.24, 2.45) is 11.8 Å². The zero-order valence-corrected chi connectivity index (χ0v) is 23.1. The van der Waals surface area contributed by atoms with Crippen molar-refractivity contribution in [3.63, 3.8) is 0 Å². The highest BCUT2D eigenvalue weighted by Crippen LogP contribution is 2.39. The van der Waals surface area contributed by atoms with Gasteiger partial charge in [0.15, 0.2) is 5.65 Å². The summed E-state index contributed by atoms with van der Waals surface area (Å²) in [6.45, 7) is 8.43. The van der Waals surface area contributed by atoms with E-state index in [0.29, 0.717) is 18.4 Å². The molecule has 1 aliphatic carbocycles. The quantitative estimate of drug-likeness (QED) is 0.438. The second kappa shape index (κ2) is 11.0. The van der Waals surface area contributed by atoms with Crippen LogP contribution in [0.15, 0.2) is 36.5 Å². The summed E-state index contributed by atoms with van der Waals surface area (Å²) in [5.41, 5.74) is 5.34. The lowest BCUT2D eigenvalue weighted by atomic mass is 9.80. The van der Waals surface area contributed by atoms with E-state index in [2.05, 4.69) is 27.9 Å². The Kier molecular flexibility index (Phi) is 7.42. The third-order valence-electron chi connectivity index (χ3n) is 9.58. The molecule has 0 radical (unpaired) electrons. The molecule has 208 valence electrons. The number of carboxylic acids is 1. The monoisotopic (exact) mass is 533 g/mol. The lowest BCUT2D eigenvalue weighted by molar-refractivity contribution is -0.144. The highest BCUT2D eigenvalue weighted by atomic mass is 19.1. The number of nitrogens with zero attached hydrogens (tertiary/aromatic N) is 5. The number of carboxylic acid groups (broad SMARTS) is 1. The van der Waals surface area contributed by atoms with E-state index in [1.54, 1.807) is 12.1 Å². The third kappa shape index (κ3) is 5.46. The minimum Gasteiger partial charge on any atom is -0.480 e. The van der Waals surface area contributed by atoms with E-state index in [9.17, 15) is 14.3 Å². The van der Waals surface area contributed by atoms with Crippen molar-refractivity contribution in [2.75, 3.05) is 32.7 Å². The van der Waals surface area contributed by atoms with Gasteiger partial charge in [-0.2, -0.15) is 5.10 Å². The zero-order valence-electron chi connectivity index (χ0n) is 23.1. The smallest absolute Gasteiger partial charge is 0.320 e. The molecular formula is C31H40FN5O2. The lowest BCUT2D eigenvalue weighted by Crippen LogP contribution is -2.43. The molecule has 1 saturated carbocycles. The molecule has 6 rings (SSSR count). The van der Waals surface area contributed by atoms with Crippen LogP contribution in [0.1, 0.15) is 72.9 Å². The SMILES string of the molecule is Cc1cc(C)n2ncc(C3CCN(CC4CN([C@H](CC5CCC5)C(=O)O)CC4c4cccc(F)c4)CC3)c2n1. The standard InChI is InChI=1S/C31H40FN5O2/c1-20-13-21(2)37-30(34-20)27(16-33-37)23-9-11-35(12-10-23)17-25-18-36(29(31(38)39)14-22-5-3-6-22)19-28(25)24-7-4-8-26(32)15-24/h4,7-8,13,15-16,22-23,25,28-29H,3,5-6,9-12,14,17-19H2,1-2H3,(H,38,39)/t25?,28?,29-/m1/s1. The van der Waals surface area contributed by atoms with Crippen molar-refractivity contribution >= 4 is 11.6 Å². The number of benzene rings is 1. The van der Waals surface area contributed by atoms with Crippen LogP contribution in [0, 0.1) is 31.5 Å². The predicted molar refractivity (Wildman–Crippen MR) is 148 cm³/mol. The van der Waals surface area contributed by atoms with Crippen LogP contribution >= 0.6 is 0 Å². The number of aryl methyl sites for hydroxylation is 2. The average molecular weight is 534 g/mol. The topological polar surface area (TPSA) is 74.0 Å². The van der Waals surface area contributed by atoms with Gasteiger partial charge in [-0.05, 0) is 87.7 Å². The molecule has 0 spiro atoms. The predicted octanol–water partition coefficient (Wildman–Crippen LogP) is 5.02. The number of hydrogen-bond donors (Lipinski definition) is 1. The van der Waals surface area contributed by atoms with Gasteiger partial charge < -0.3 is 10.0 Å². The van der Waals surface area contributed by atoms with Crippen molar-refractivity contribution < 1.29 is 14.3 Å². The van der Waals surface area contributed by atoms with Crippen LogP contribution < -0.4 is 0 Å². The summed E-state index contributed by atoms with van der Waals surface area (Å²) in [5.74, 6) is 0.437. The zero-order chi connectivity index (χ0) is 27.1. The Balaban J connectivity index is 1.16. The van der Waals surface area contributed by atoms with Crippen LogP contribution in [-0.4, -0.2) is 74.2 Å². The van der Waals surface area contributed by atoms with Gasteiger partial charge in [-0.3, -0.25) is 9.69 Å². The van der Waals surface area contributed by atoms with Crippen LogP contribution in [0.4, 0.5) is 4.39 Å². The van der Waals surface area contributed by atoms with Crippen LogP contribution in [0.3, 0.4) is 0 Å². The summed E-state index contributed by atoms with van der Waals surface area (Å²) >= 11 is 0. The maximum Gasteiger partial charge on any atom is 0.320 e. The Morgan fingerprint density at radius 2 is 1.92 bits per heavy atom. The fraction of sp³-hybridized carbons (Fsp3) is 0.581. The molecule has 3 aromatic rings. The van der Waals surface area contributed by atoms with Crippen molar-refractivity contribution in [3.05, 3.63) is 64.9 Å². The highest BCUT2D eigenvalue weighted by molar-refractivity contribution is 5.73. The Morgan fingerprint density at radius 1 is 1.13 bits per heavy atom. The molecule has 8 heteroatoms. The summed E-state index contributed by atoms with van der Waals surface area (Å²) in [6.07, 6.45) is 8.34. The van der Waals surface area contributed by atoms with Crippen molar-refractivity contribution in [3.8, 4) is 0 Å². The van der Waals surface area contributed by atoms with Crippen LogP contribution in [0.2, 0.25) is 0 Å². The lowest BCUT2D eigenvalue weighted by Gasteiger charge is -2.35. The number of likely N-dealkylation sites (tertiary alicyclic amines) is 2. The van der Waals surface area contributed by atoms with E-state index >= 15 is 0 Å². The summed E-state index contributed by atoms with van der Waals surface area (Å²) in [5, 5.41) is 14.7. The van der Waals surface area contributed by atoms with Gasteiger partial charge in [-0.15, -0.1) is 0 Å². The molecule has 2 aliphatic heterocycles. The number of halogens is 1. The number of rotatable bonds is 8.